The number of fused-ring (bicyclic) bond motifs is 1. The summed E-state index contributed by atoms with van der Waals surface area (Å²) in [4.78, 5) is 21.6. The Balaban J connectivity index is 0.00000156. The Morgan fingerprint density at radius 2 is 1.78 bits per heavy atom. The first kappa shape index (κ1) is 16.5. The van der Waals surface area contributed by atoms with Crippen molar-refractivity contribution < 1.29 is 0 Å². The van der Waals surface area contributed by atoms with E-state index in [1.54, 1.807) is 0 Å². The van der Waals surface area contributed by atoms with Crippen LogP contribution in [0.1, 0.15) is 62.0 Å². The molecule has 6 nitrogen and oxygen atoms in total. The van der Waals surface area contributed by atoms with Crippen LogP contribution in [-0.4, -0.2) is 32.8 Å². The molecule has 1 saturated carbocycles. The SMILES string of the molecule is Cc1[nH]n(C2CCCC2)c2nc(C3CCNCC3)nc(=O)c1-2.Cl. The Bertz CT molecular complexity index is 697. The summed E-state index contributed by atoms with van der Waals surface area (Å²) < 4.78 is 2.13. The zero-order valence-electron chi connectivity index (χ0n) is 13.5. The Kier molecular flexibility index (Phi) is 4.73. The van der Waals surface area contributed by atoms with Crippen molar-refractivity contribution in [2.45, 2.75) is 57.4 Å². The lowest BCUT2D eigenvalue weighted by Crippen LogP contribution is -2.29. The third-order valence-electron chi connectivity index (χ3n) is 5.16. The predicted octanol–water partition coefficient (Wildman–Crippen LogP) is 2.38. The van der Waals surface area contributed by atoms with E-state index >= 15 is 0 Å². The van der Waals surface area contributed by atoms with E-state index in [0.29, 0.717) is 17.5 Å². The largest absolute Gasteiger partial charge is 0.317 e. The van der Waals surface area contributed by atoms with Crippen LogP contribution in [0.25, 0.3) is 11.4 Å². The lowest BCUT2D eigenvalue weighted by Gasteiger charge is -2.22. The molecule has 2 fully saturated rings. The number of halogens is 1. The minimum atomic E-state index is -0.121. The maximum absolute atomic E-state index is 12.5. The molecule has 1 saturated heterocycles. The molecule has 1 aliphatic carbocycles. The van der Waals surface area contributed by atoms with Gasteiger partial charge >= 0.3 is 0 Å². The number of aryl methyl sites for hydroxylation is 1. The van der Waals surface area contributed by atoms with Gasteiger partial charge in [-0.15, -0.1) is 12.4 Å². The number of aromatic nitrogens is 4. The second kappa shape index (κ2) is 6.61. The first-order valence-electron chi connectivity index (χ1n) is 8.43. The van der Waals surface area contributed by atoms with E-state index in [0.717, 1.165) is 43.3 Å². The van der Waals surface area contributed by atoms with Crippen molar-refractivity contribution in [2.75, 3.05) is 13.1 Å². The van der Waals surface area contributed by atoms with Gasteiger partial charge in [-0.2, -0.15) is 4.98 Å². The van der Waals surface area contributed by atoms with Crippen molar-refractivity contribution in [3.05, 3.63) is 21.9 Å². The van der Waals surface area contributed by atoms with Crippen LogP contribution in [0.3, 0.4) is 0 Å². The Morgan fingerprint density at radius 1 is 1.09 bits per heavy atom. The quantitative estimate of drug-likeness (QED) is 0.882. The fourth-order valence-corrected chi connectivity index (χ4v) is 3.93. The molecule has 0 aromatic carbocycles. The van der Waals surface area contributed by atoms with Gasteiger partial charge in [0.15, 0.2) is 5.82 Å². The lowest BCUT2D eigenvalue weighted by atomic mass is 9.97. The summed E-state index contributed by atoms with van der Waals surface area (Å²) in [5.74, 6) is 1.87. The second-order valence-electron chi connectivity index (χ2n) is 6.65. The Morgan fingerprint density at radius 3 is 2.48 bits per heavy atom. The third kappa shape index (κ3) is 2.90. The Hall–Kier alpha value is -1.40. The number of aromatic amines is 1. The highest BCUT2D eigenvalue weighted by molar-refractivity contribution is 5.85. The molecule has 0 amide bonds. The highest BCUT2D eigenvalue weighted by Crippen LogP contribution is 2.34. The summed E-state index contributed by atoms with van der Waals surface area (Å²) in [5, 5.41) is 6.72. The number of hydrogen-bond acceptors (Lipinski definition) is 4. The van der Waals surface area contributed by atoms with Crippen LogP contribution >= 0.6 is 12.4 Å². The van der Waals surface area contributed by atoms with E-state index in [2.05, 4.69) is 20.1 Å². The molecule has 7 heteroatoms. The van der Waals surface area contributed by atoms with Crippen molar-refractivity contribution in [2.24, 2.45) is 0 Å². The normalized spacial score (nSPS) is 20.0. The first-order valence-corrected chi connectivity index (χ1v) is 8.43. The van der Waals surface area contributed by atoms with Gasteiger partial charge in [-0.3, -0.25) is 9.48 Å². The smallest absolute Gasteiger partial charge is 0.284 e. The number of piperidine rings is 1. The van der Waals surface area contributed by atoms with Crippen LogP contribution in [0.15, 0.2) is 4.79 Å². The summed E-state index contributed by atoms with van der Waals surface area (Å²) in [5.41, 5.74) is 1.44. The molecule has 0 unspecified atom stereocenters. The minimum Gasteiger partial charge on any atom is -0.317 e. The lowest BCUT2D eigenvalue weighted by molar-refractivity contribution is 0.438. The van der Waals surface area contributed by atoms with Gasteiger partial charge in [-0.05, 0) is 45.7 Å². The van der Waals surface area contributed by atoms with Crippen molar-refractivity contribution >= 4 is 12.4 Å². The number of rotatable bonds is 2. The van der Waals surface area contributed by atoms with Crippen LogP contribution in [0, 0.1) is 6.92 Å². The highest BCUT2D eigenvalue weighted by atomic mass is 35.5. The summed E-state index contributed by atoms with van der Waals surface area (Å²) in [7, 11) is 0. The average molecular weight is 338 g/mol. The molecule has 0 atom stereocenters. The molecule has 3 aliphatic heterocycles. The van der Waals surface area contributed by atoms with E-state index in [1.165, 1.54) is 25.7 Å². The summed E-state index contributed by atoms with van der Waals surface area (Å²) in [6, 6.07) is 0.450. The molecule has 0 aromatic rings. The number of nitrogens with zero attached hydrogens (tertiary/aromatic N) is 3. The maximum atomic E-state index is 12.5. The van der Waals surface area contributed by atoms with Crippen molar-refractivity contribution in [1.29, 1.82) is 0 Å². The zero-order valence-corrected chi connectivity index (χ0v) is 14.3. The fourth-order valence-electron chi connectivity index (χ4n) is 3.93. The molecule has 23 heavy (non-hydrogen) atoms. The van der Waals surface area contributed by atoms with Gasteiger partial charge in [-0.25, -0.2) is 4.98 Å². The summed E-state index contributed by atoms with van der Waals surface area (Å²) >= 11 is 0. The van der Waals surface area contributed by atoms with Crippen LogP contribution in [0.2, 0.25) is 0 Å². The van der Waals surface area contributed by atoms with E-state index < -0.39 is 0 Å². The van der Waals surface area contributed by atoms with Gasteiger partial charge in [0.1, 0.15) is 11.4 Å². The predicted molar refractivity (Wildman–Crippen MR) is 91.6 cm³/mol. The Labute approximate surface area is 141 Å². The minimum absolute atomic E-state index is 0. The van der Waals surface area contributed by atoms with Crippen LogP contribution in [-0.2, 0) is 0 Å². The molecule has 0 aromatic heterocycles. The molecule has 0 spiro atoms. The van der Waals surface area contributed by atoms with Gasteiger partial charge in [0.25, 0.3) is 5.56 Å². The molecular weight excluding hydrogens is 314 g/mol. The molecular formula is C16H24ClN5O. The monoisotopic (exact) mass is 337 g/mol. The van der Waals surface area contributed by atoms with E-state index in [1.807, 2.05) is 6.92 Å². The van der Waals surface area contributed by atoms with Crippen LogP contribution < -0.4 is 10.9 Å². The van der Waals surface area contributed by atoms with Crippen molar-refractivity contribution in [3.8, 4) is 11.4 Å². The topological polar surface area (TPSA) is 75.6 Å². The molecule has 4 aliphatic rings. The highest BCUT2D eigenvalue weighted by Gasteiger charge is 2.28. The number of H-pyrrole nitrogens is 1. The van der Waals surface area contributed by atoms with Crippen molar-refractivity contribution in [1.82, 2.24) is 25.1 Å². The fraction of sp³-hybridized carbons (Fsp3) is 0.688. The second-order valence-corrected chi connectivity index (χ2v) is 6.65. The zero-order chi connectivity index (χ0) is 15.1. The van der Waals surface area contributed by atoms with Crippen molar-refractivity contribution in [3.63, 3.8) is 0 Å². The summed E-state index contributed by atoms with van der Waals surface area (Å²) in [6.45, 7) is 3.91. The molecule has 126 valence electrons. The summed E-state index contributed by atoms with van der Waals surface area (Å²) in [6.07, 6.45) is 6.87. The van der Waals surface area contributed by atoms with E-state index in [9.17, 15) is 4.79 Å². The van der Waals surface area contributed by atoms with E-state index in [4.69, 9.17) is 4.98 Å². The van der Waals surface area contributed by atoms with Gasteiger partial charge in [0, 0.05) is 11.6 Å². The molecule has 0 bridgehead atoms. The average Bonchev–Trinajstić information content (AvgIpc) is 3.16. The molecule has 0 radical (unpaired) electrons. The van der Waals surface area contributed by atoms with Gasteiger partial charge in [0.2, 0.25) is 0 Å². The third-order valence-corrected chi connectivity index (χ3v) is 5.16. The van der Waals surface area contributed by atoms with Crippen LogP contribution in [0.5, 0.6) is 0 Å². The van der Waals surface area contributed by atoms with Crippen LogP contribution in [0.4, 0.5) is 0 Å². The van der Waals surface area contributed by atoms with Gasteiger partial charge < -0.3 is 10.4 Å². The first-order chi connectivity index (χ1) is 10.7. The number of hydrogen-bond donors (Lipinski definition) is 2. The van der Waals surface area contributed by atoms with E-state index in [-0.39, 0.29) is 18.0 Å². The standard InChI is InChI=1S/C16H23N5O.ClH/c1-10-13-15(21(20-10)12-4-2-3-5-12)18-14(19-16(13)22)11-6-8-17-9-7-11;/h11-12,17,20H,2-9H2,1H3;1H. The van der Waals surface area contributed by atoms with Gasteiger partial charge in [-0.1, -0.05) is 12.8 Å². The molecule has 3 heterocycles. The maximum Gasteiger partial charge on any atom is 0.284 e. The molecule has 2 N–H and O–H groups in total. The molecule has 4 rings (SSSR count). The van der Waals surface area contributed by atoms with Gasteiger partial charge in [0.05, 0.1) is 6.04 Å². The number of nitrogens with one attached hydrogen (secondary N) is 2.